The Morgan fingerprint density at radius 3 is 2.45 bits per heavy atom. The van der Waals surface area contributed by atoms with Crippen LogP contribution in [0.3, 0.4) is 0 Å². The SMILES string of the molecule is CCOc1ccc(C(F)(F)F)cc1NC(=O)NC(C)(C)CO. The van der Waals surface area contributed by atoms with Crippen molar-refractivity contribution in [1.82, 2.24) is 5.32 Å². The van der Waals surface area contributed by atoms with Crippen molar-refractivity contribution in [3.05, 3.63) is 23.8 Å². The van der Waals surface area contributed by atoms with Crippen LogP contribution in [0.1, 0.15) is 26.3 Å². The molecule has 0 spiro atoms. The van der Waals surface area contributed by atoms with Crippen molar-refractivity contribution in [2.45, 2.75) is 32.5 Å². The van der Waals surface area contributed by atoms with E-state index in [0.717, 1.165) is 18.2 Å². The molecule has 0 aromatic heterocycles. The summed E-state index contributed by atoms with van der Waals surface area (Å²) in [5, 5.41) is 13.8. The van der Waals surface area contributed by atoms with E-state index >= 15 is 0 Å². The fourth-order valence-corrected chi connectivity index (χ4v) is 1.59. The Labute approximate surface area is 126 Å². The maximum Gasteiger partial charge on any atom is 0.416 e. The van der Waals surface area contributed by atoms with E-state index in [2.05, 4.69) is 10.6 Å². The number of carbonyl (C=O) groups is 1. The van der Waals surface area contributed by atoms with Gasteiger partial charge in [-0.05, 0) is 39.0 Å². The Kier molecular flexibility index (Phi) is 5.65. The Balaban J connectivity index is 3.02. The molecule has 0 unspecified atom stereocenters. The van der Waals surface area contributed by atoms with E-state index < -0.39 is 23.3 Å². The zero-order valence-electron chi connectivity index (χ0n) is 12.5. The summed E-state index contributed by atoms with van der Waals surface area (Å²) in [5.41, 5.74) is -1.90. The molecular formula is C14H19F3N2O3. The number of nitrogens with one attached hydrogen (secondary N) is 2. The van der Waals surface area contributed by atoms with Gasteiger partial charge in [-0.1, -0.05) is 0 Å². The van der Waals surface area contributed by atoms with Crippen LogP contribution >= 0.6 is 0 Å². The topological polar surface area (TPSA) is 70.6 Å². The summed E-state index contributed by atoms with van der Waals surface area (Å²) in [4.78, 5) is 11.8. The number of carbonyl (C=O) groups excluding carboxylic acids is 1. The zero-order valence-corrected chi connectivity index (χ0v) is 12.5. The summed E-state index contributed by atoms with van der Waals surface area (Å²) in [6, 6.07) is 2.10. The molecule has 124 valence electrons. The maximum absolute atomic E-state index is 12.7. The van der Waals surface area contributed by atoms with E-state index in [1.807, 2.05) is 0 Å². The lowest BCUT2D eigenvalue weighted by atomic mass is 10.1. The van der Waals surface area contributed by atoms with E-state index in [4.69, 9.17) is 9.84 Å². The monoisotopic (exact) mass is 320 g/mol. The zero-order chi connectivity index (χ0) is 17.0. The largest absolute Gasteiger partial charge is 0.492 e. The first-order valence-corrected chi connectivity index (χ1v) is 6.63. The van der Waals surface area contributed by atoms with Gasteiger partial charge in [0.2, 0.25) is 0 Å². The van der Waals surface area contributed by atoms with Crippen LogP contribution in [0.2, 0.25) is 0 Å². The van der Waals surface area contributed by atoms with Gasteiger partial charge in [0.25, 0.3) is 0 Å². The number of rotatable bonds is 5. The molecule has 1 rings (SSSR count). The predicted molar refractivity (Wildman–Crippen MR) is 75.9 cm³/mol. The second-order valence-corrected chi connectivity index (χ2v) is 5.26. The average molecular weight is 320 g/mol. The summed E-state index contributed by atoms with van der Waals surface area (Å²) in [6.07, 6.45) is -4.53. The van der Waals surface area contributed by atoms with Crippen molar-refractivity contribution in [3.8, 4) is 5.75 Å². The van der Waals surface area contributed by atoms with Crippen LogP contribution in [0.15, 0.2) is 18.2 Å². The molecule has 0 atom stereocenters. The van der Waals surface area contributed by atoms with Crippen LogP contribution in [-0.2, 0) is 6.18 Å². The Hall–Kier alpha value is -1.96. The molecule has 0 bridgehead atoms. The highest BCUT2D eigenvalue weighted by atomic mass is 19.4. The van der Waals surface area contributed by atoms with Gasteiger partial charge in [0.15, 0.2) is 0 Å². The minimum absolute atomic E-state index is 0.0945. The number of halogens is 3. The number of hydrogen-bond acceptors (Lipinski definition) is 3. The van der Waals surface area contributed by atoms with E-state index in [1.54, 1.807) is 20.8 Å². The van der Waals surface area contributed by atoms with Gasteiger partial charge >= 0.3 is 12.2 Å². The van der Waals surface area contributed by atoms with Crippen molar-refractivity contribution in [1.29, 1.82) is 0 Å². The fraction of sp³-hybridized carbons (Fsp3) is 0.500. The lowest BCUT2D eigenvalue weighted by Crippen LogP contribution is -2.48. The molecule has 0 heterocycles. The molecule has 0 aliphatic heterocycles. The number of alkyl halides is 3. The number of aliphatic hydroxyl groups excluding tert-OH is 1. The smallest absolute Gasteiger partial charge is 0.416 e. The van der Waals surface area contributed by atoms with E-state index in [0.29, 0.717) is 0 Å². The Morgan fingerprint density at radius 2 is 1.95 bits per heavy atom. The van der Waals surface area contributed by atoms with Crippen LogP contribution in [0.4, 0.5) is 23.7 Å². The molecule has 0 aliphatic carbocycles. The van der Waals surface area contributed by atoms with Gasteiger partial charge in [-0.25, -0.2) is 4.79 Å². The van der Waals surface area contributed by atoms with Gasteiger partial charge in [-0.3, -0.25) is 0 Å². The Morgan fingerprint density at radius 1 is 1.32 bits per heavy atom. The lowest BCUT2D eigenvalue weighted by molar-refractivity contribution is -0.137. The average Bonchev–Trinajstić information content (AvgIpc) is 2.39. The van der Waals surface area contributed by atoms with Crippen molar-refractivity contribution >= 4 is 11.7 Å². The highest BCUT2D eigenvalue weighted by Crippen LogP contribution is 2.35. The number of anilines is 1. The number of amides is 2. The van der Waals surface area contributed by atoms with Gasteiger partial charge in [-0.15, -0.1) is 0 Å². The van der Waals surface area contributed by atoms with E-state index in [1.165, 1.54) is 0 Å². The highest BCUT2D eigenvalue weighted by molar-refractivity contribution is 5.91. The molecule has 0 radical (unpaired) electrons. The van der Waals surface area contributed by atoms with Gasteiger partial charge in [-0.2, -0.15) is 13.2 Å². The summed E-state index contributed by atoms with van der Waals surface area (Å²) < 4.78 is 43.4. The summed E-state index contributed by atoms with van der Waals surface area (Å²) in [7, 11) is 0. The van der Waals surface area contributed by atoms with Crippen molar-refractivity contribution in [2.24, 2.45) is 0 Å². The summed E-state index contributed by atoms with van der Waals surface area (Å²) >= 11 is 0. The fourth-order valence-electron chi connectivity index (χ4n) is 1.59. The number of ether oxygens (including phenoxy) is 1. The molecular weight excluding hydrogens is 301 g/mol. The third kappa shape index (κ3) is 5.10. The number of aliphatic hydroxyl groups is 1. The molecule has 0 saturated heterocycles. The van der Waals surface area contributed by atoms with E-state index in [-0.39, 0.29) is 24.7 Å². The molecule has 5 nitrogen and oxygen atoms in total. The molecule has 0 aliphatic rings. The molecule has 8 heteroatoms. The van der Waals surface area contributed by atoms with Crippen LogP contribution in [0.25, 0.3) is 0 Å². The predicted octanol–water partition coefficient (Wildman–Crippen LogP) is 3.00. The first kappa shape index (κ1) is 18.1. The standard InChI is InChI=1S/C14H19F3N2O3/c1-4-22-11-6-5-9(14(15,16)17)7-10(11)18-12(21)19-13(2,3)8-20/h5-7,20H,4,8H2,1-3H3,(H2,18,19,21). The molecule has 2 amide bonds. The number of hydrogen-bond donors (Lipinski definition) is 3. The minimum atomic E-state index is -4.53. The van der Waals surface area contributed by atoms with Crippen molar-refractivity contribution in [2.75, 3.05) is 18.5 Å². The molecule has 3 N–H and O–H groups in total. The number of benzene rings is 1. The second-order valence-electron chi connectivity index (χ2n) is 5.26. The molecule has 0 saturated carbocycles. The maximum atomic E-state index is 12.7. The Bertz CT molecular complexity index is 531. The third-order valence-corrected chi connectivity index (χ3v) is 2.70. The van der Waals surface area contributed by atoms with Crippen LogP contribution in [0, 0.1) is 0 Å². The van der Waals surface area contributed by atoms with Crippen molar-refractivity contribution < 1.29 is 27.8 Å². The summed E-state index contributed by atoms with van der Waals surface area (Å²) in [5.74, 6) is 0.132. The summed E-state index contributed by atoms with van der Waals surface area (Å²) in [6.45, 7) is 4.74. The quantitative estimate of drug-likeness (QED) is 0.781. The highest BCUT2D eigenvalue weighted by Gasteiger charge is 2.31. The first-order valence-electron chi connectivity index (χ1n) is 6.63. The van der Waals surface area contributed by atoms with Crippen LogP contribution in [-0.4, -0.2) is 29.9 Å². The second kappa shape index (κ2) is 6.87. The lowest BCUT2D eigenvalue weighted by Gasteiger charge is -2.24. The molecule has 1 aromatic rings. The van der Waals surface area contributed by atoms with Crippen LogP contribution < -0.4 is 15.4 Å². The molecule has 22 heavy (non-hydrogen) atoms. The first-order chi connectivity index (χ1) is 10.1. The molecule has 1 aromatic carbocycles. The molecule has 0 fully saturated rings. The minimum Gasteiger partial charge on any atom is -0.492 e. The van der Waals surface area contributed by atoms with Gasteiger partial charge in [0.05, 0.1) is 30.0 Å². The van der Waals surface area contributed by atoms with Gasteiger partial charge in [0.1, 0.15) is 5.75 Å². The van der Waals surface area contributed by atoms with E-state index in [9.17, 15) is 18.0 Å². The normalized spacial score (nSPS) is 12.0. The van der Waals surface area contributed by atoms with Crippen molar-refractivity contribution in [3.63, 3.8) is 0 Å². The van der Waals surface area contributed by atoms with Crippen LogP contribution in [0.5, 0.6) is 5.75 Å². The van der Waals surface area contributed by atoms with Gasteiger partial charge in [0, 0.05) is 0 Å². The van der Waals surface area contributed by atoms with Gasteiger partial charge < -0.3 is 20.5 Å². The third-order valence-electron chi connectivity index (χ3n) is 2.70. The number of urea groups is 1.